The van der Waals surface area contributed by atoms with Gasteiger partial charge in [0.2, 0.25) is 0 Å². The molecule has 0 saturated heterocycles. The fourth-order valence-corrected chi connectivity index (χ4v) is 3.58. The second kappa shape index (κ2) is 6.90. The highest BCUT2D eigenvalue weighted by Gasteiger charge is 2.24. The Labute approximate surface area is 161 Å². The number of fused-ring (bicyclic) bond motifs is 4. The Morgan fingerprint density at radius 3 is 2.18 bits per heavy atom. The molecule has 0 unspecified atom stereocenters. The third-order valence-electron chi connectivity index (χ3n) is 4.88. The lowest BCUT2D eigenvalue weighted by Gasteiger charge is -2.10. The van der Waals surface area contributed by atoms with Crippen molar-refractivity contribution in [1.82, 2.24) is 15.0 Å². The Bertz CT molecular complexity index is 1130. The number of oxime groups is 1. The number of nitrogens with zero attached hydrogens (tertiary/aromatic N) is 4. The van der Waals surface area contributed by atoms with E-state index in [-0.39, 0.29) is 6.61 Å². The summed E-state index contributed by atoms with van der Waals surface area (Å²) in [5, 5.41) is 22.9. The van der Waals surface area contributed by atoms with Crippen LogP contribution in [0.3, 0.4) is 0 Å². The van der Waals surface area contributed by atoms with Crippen LogP contribution in [0.5, 0.6) is 0 Å². The van der Waals surface area contributed by atoms with Gasteiger partial charge < -0.3 is 9.94 Å². The van der Waals surface area contributed by atoms with Gasteiger partial charge in [-0.3, -0.25) is 0 Å². The Morgan fingerprint density at radius 2 is 1.46 bits per heavy atom. The Balaban J connectivity index is 1.33. The van der Waals surface area contributed by atoms with E-state index in [1.807, 2.05) is 60.7 Å². The second-order valence-corrected chi connectivity index (χ2v) is 6.74. The highest BCUT2D eigenvalue weighted by atomic mass is 16.6. The zero-order valence-electron chi connectivity index (χ0n) is 15.1. The van der Waals surface area contributed by atoms with Gasteiger partial charge in [-0.15, -0.1) is 5.10 Å². The Kier molecular flexibility index (Phi) is 4.10. The van der Waals surface area contributed by atoms with Crippen LogP contribution in [0.4, 0.5) is 0 Å². The number of aliphatic hydroxyl groups is 1. The maximum atomic E-state index is 10.4. The van der Waals surface area contributed by atoms with E-state index in [9.17, 15) is 5.11 Å². The van der Waals surface area contributed by atoms with Crippen molar-refractivity contribution in [3.8, 4) is 11.1 Å². The van der Waals surface area contributed by atoms with E-state index in [2.05, 4.69) is 27.6 Å². The average molecular weight is 370 g/mol. The van der Waals surface area contributed by atoms with E-state index >= 15 is 0 Å². The minimum Gasteiger partial charge on any atom is -0.392 e. The summed E-state index contributed by atoms with van der Waals surface area (Å²) in [6, 6.07) is 23.9. The van der Waals surface area contributed by atoms with E-state index < -0.39 is 6.10 Å². The number of aliphatic hydroxyl groups excluding tert-OH is 1. The molecule has 1 heterocycles. The van der Waals surface area contributed by atoms with Crippen LogP contribution in [0.1, 0.15) is 11.1 Å². The van der Waals surface area contributed by atoms with E-state index in [0.717, 1.165) is 39.0 Å². The van der Waals surface area contributed by atoms with E-state index in [0.29, 0.717) is 6.54 Å². The molecule has 138 valence electrons. The quantitative estimate of drug-likeness (QED) is 0.482. The van der Waals surface area contributed by atoms with Crippen LogP contribution in [0, 0.1) is 0 Å². The SMILES string of the molecule is O[C@@H](CON=C1c2ccccc2-c2ccccc21)Cn1nnc2ccccc21. The first-order chi connectivity index (χ1) is 13.8. The van der Waals surface area contributed by atoms with Crippen molar-refractivity contribution in [2.45, 2.75) is 12.6 Å². The molecule has 5 rings (SSSR count). The van der Waals surface area contributed by atoms with Gasteiger partial charge in [-0.1, -0.05) is 71.0 Å². The zero-order valence-corrected chi connectivity index (χ0v) is 15.1. The fourth-order valence-electron chi connectivity index (χ4n) is 3.58. The van der Waals surface area contributed by atoms with Gasteiger partial charge in [0.25, 0.3) is 0 Å². The minimum atomic E-state index is -0.749. The van der Waals surface area contributed by atoms with Gasteiger partial charge in [0.05, 0.1) is 12.1 Å². The Hall–Kier alpha value is -3.51. The molecule has 6 nitrogen and oxygen atoms in total. The topological polar surface area (TPSA) is 72.5 Å². The van der Waals surface area contributed by atoms with E-state index in [1.165, 1.54) is 0 Å². The lowest BCUT2D eigenvalue weighted by atomic mass is 10.1. The molecule has 28 heavy (non-hydrogen) atoms. The van der Waals surface area contributed by atoms with Crippen molar-refractivity contribution in [3.63, 3.8) is 0 Å². The summed E-state index contributed by atoms with van der Waals surface area (Å²) in [5.41, 5.74) is 6.86. The maximum absolute atomic E-state index is 10.4. The molecule has 0 radical (unpaired) electrons. The van der Waals surface area contributed by atoms with Crippen molar-refractivity contribution in [1.29, 1.82) is 0 Å². The smallest absolute Gasteiger partial charge is 0.144 e. The molecule has 1 aliphatic rings. The molecule has 1 N–H and O–H groups in total. The number of benzene rings is 3. The molecular weight excluding hydrogens is 352 g/mol. The van der Waals surface area contributed by atoms with Crippen LogP contribution < -0.4 is 0 Å². The van der Waals surface area contributed by atoms with Crippen LogP contribution in [-0.2, 0) is 11.4 Å². The van der Waals surface area contributed by atoms with E-state index in [4.69, 9.17) is 4.84 Å². The third kappa shape index (κ3) is 2.84. The predicted octanol–water partition coefficient (Wildman–Crippen LogP) is 3.24. The molecule has 6 heteroatoms. The van der Waals surface area contributed by atoms with Gasteiger partial charge in [0.1, 0.15) is 23.9 Å². The number of hydrogen-bond acceptors (Lipinski definition) is 5. The summed E-state index contributed by atoms with van der Waals surface area (Å²) in [6.07, 6.45) is -0.749. The molecule has 1 aliphatic carbocycles. The highest BCUT2D eigenvalue weighted by molar-refractivity contribution is 6.24. The lowest BCUT2D eigenvalue weighted by Crippen LogP contribution is -2.22. The summed E-state index contributed by atoms with van der Waals surface area (Å²) in [4.78, 5) is 5.53. The highest BCUT2D eigenvalue weighted by Crippen LogP contribution is 2.36. The molecule has 3 aromatic carbocycles. The van der Waals surface area contributed by atoms with E-state index in [1.54, 1.807) is 4.68 Å². The summed E-state index contributed by atoms with van der Waals surface area (Å²) < 4.78 is 1.68. The molecule has 0 amide bonds. The van der Waals surface area contributed by atoms with Gasteiger partial charge in [-0.25, -0.2) is 4.68 Å². The standard InChI is InChI=1S/C22H18N4O2/c27-15(13-26-21-12-6-5-11-20(21)23-25-26)14-28-24-22-18-9-3-1-7-16(18)17-8-2-4-10-19(17)22/h1-12,15,27H,13-14H2/t15-/m1/s1. The van der Waals surface area contributed by atoms with Crippen molar-refractivity contribution in [2.24, 2.45) is 5.16 Å². The number of aromatic nitrogens is 3. The van der Waals surface area contributed by atoms with Crippen LogP contribution in [0.2, 0.25) is 0 Å². The van der Waals surface area contributed by atoms with Crippen LogP contribution in [0.25, 0.3) is 22.2 Å². The predicted molar refractivity (Wildman–Crippen MR) is 107 cm³/mol. The van der Waals surface area contributed by atoms with Crippen LogP contribution >= 0.6 is 0 Å². The zero-order chi connectivity index (χ0) is 18.9. The monoisotopic (exact) mass is 370 g/mol. The van der Waals surface area contributed by atoms with Gasteiger partial charge in [-0.05, 0) is 23.3 Å². The first-order valence-electron chi connectivity index (χ1n) is 9.17. The molecule has 0 saturated carbocycles. The molecule has 0 fully saturated rings. The van der Waals surface area contributed by atoms with Crippen molar-refractivity contribution < 1.29 is 9.94 Å². The number of para-hydroxylation sites is 1. The van der Waals surface area contributed by atoms with Crippen molar-refractivity contribution in [3.05, 3.63) is 83.9 Å². The summed E-state index contributed by atoms with van der Waals surface area (Å²) >= 11 is 0. The van der Waals surface area contributed by atoms with Gasteiger partial charge >= 0.3 is 0 Å². The molecule has 0 aliphatic heterocycles. The molecule has 0 spiro atoms. The maximum Gasteiger partial charge on any atom is 0.144 e. The van der Waals surface area contributed by atoms with Gasteiger partial charge in [-0.2, -0.15) is 0 Å². The molecule has 1 atom stereocenters. The fraction of sp³-hybridized carbons (Fsp3) is 0.136. The second-order valence-electron chi connectivity index (χ2n) is 6.74. The lowest BCUT2D eigenvalue weighted by molar-refractivity contribution is 0.0298. The summed E-state index contributed by atoms with van der Waals surface area (Å²) in [5.74, 6) is 0. The Morgan fingerprint density at radius 1 is 0.857 bits per heavy atom. The van der Waals surface area contributed by atoms with Gasteiger partial charge in [0, 0.05) is 11.1 Å². The first-order valence-corrected chi connectivity index (χ1v) is 9.17. The molecule has 1 aromatic heterocycles. The van der Waals surface area contributed by atoms with Crippen molar-refractivity contribution >= 4 is 16.7 Å². The summed E-state index contributed by atoms with van der Waals surface area (Å²) in [6.45, 7) is 0.362. The summed E-state index contributed by atoms with van der Waals surface area (Å²) in [7, 11) is 0. The molecule has 4 aromatic rings. The first kappa shape index (κ1) is 16.6. The van der Waals surface area contributed by atoms with Gasteiger partial charge in [0.15, 0.2) is 0 Å². The third-order valence-corrected chi connectivity index (χ3v) is 4.88. The minimum absolute atomic E-state index is 0.0714. The number of rotatable bonds is 5. The largest absolute Gasteiger partial charge is 0.392 e. The number of hydrogen-bond donors (Lipinski definition) is 1. The normalized spacial score (nSPS) is 13.2. The molecule has 0 bridgehead atoms. The van der Waals surface area contributed by atoms with Crippen LogP contribution in [-0.4, -0.2) is 38.5 Å². The van der Waals surface area contributed by atoms with Crippen LogP contribution in [0.15, 0.2) is 78.0 Å². The van der Waals surface area contributed by atoms with Crippen molar-refractivity contribution in [2.75, 3.05) is 6.61 Å². The average Bonchev–Trinajstić information content (AvgIpc) is 3.28. The molecular formula is C22H18N4O2.